The maximum atomic E-state index is 11.8. The lowest BCUT2D eigenvalue weighted by atomic mass is 10.0. The van der Waals surface area contributed by atoms with E-state index in [1.807, 2.05) is 11.8 Å². The van der Waals surface area contributed by atoms with Crippen molar-refractivity contribution in [1.82, 2.24) is 16.0 Å². The number of guanidine groups is 1. The average Bonchev–Trinajstić information content (AvgIpc) is 3.06. The van der Waals surface area contributed by atoms with Crippen molar-refractivity contribution in [3.05, 3.63) is 0 Å². The minimum Gasteiger partial charge on any atom is -0.370 e. The molecule has 136 valence electrons. The molecule has 2 saturated heterocycles. The van der Waals surface area contributed by atoms with E-state index < -0.39 is 0 Å². The molecule has 0 bridgehead atoms. The van der Waals surface area contributed by atoms with E-state index in [-0.39, 0.29) is 30.0 Å². The van der Waals surface area contributed by atoms with Gasteiger partial charge in [0.05, 0.1) is 12.1 Å². The fraction of sp³-hybridized carbons (Fsp3) is 0.800. The molecule has 0 aromatic carbocycles. The van der Waals surface area contributed by atoms with Crippen molar-refractivity contribution in [1.29, 1.82) is 0 Å². The molecule has 7 N–H and O–H groups in total. The standard InChI is InChI=1S/C15H28N6O2S/c16-14(17)19-8-4-3-7-18-12(22)6-2-1-5-11-13-10(9-24-11)20-15(23)21-13/h10-11,13H,1-9H2,(H,18,22)(H4,16,17,19)(H2,20,21,23)/t10-,11-,13-/m0/s1. The van der Waals surface area contributed by atoms with Gasteiger partial charge in [0.25, 0.3) is 0 Å². The molecule has 9 heteroatoms. The lowest BCUT2D eigenvalue weighted by molar-refractivity contribution is -0.121. The summed E-state index contributed by atoms with van der Waals surface area (Å²) in [5.74, 6) is 1.19. The molecule has 0 saturated carbocycles. The minimum absolute atomic E-state index is 0.0467. The number of nitrogens with one attached hydrogen (secondary N) is 3. The molecular formula is C15H28N6O2S. The summed E-state index contributed by atoms with van der Waals surface area (Å²) >= 11 is 1.91. The molecule has 24 heavy (non-hydrogen) atoms. The molecule has 0 aromatic heterocycles. The van der Waals surface area contributed by atoms with E-state index >= 15 is 0 Å². The van der Waals surface area contributed by atoms with Crippen LogP contribution in [0.15, 0.2) is 4.99 Å². The Morgan fingerprint density at radius 1 is 1.25 bits per heavy atom. The molecule has 0 radical (unpaired) electrons. The Kier molecular flexibility index (Phi) is 7.48. The number of fused-ring (bicyclic) bond motifs is 1. The van der Waals surface area contributed by atoms with Crippen LogP contribution in [0.5, 0.6) is 0 Å². The third-order valence-corrected chi connectivity index (χ3v) is 5.79. The van der Waals surface area contributed by atoms with Crippen LogP contribution in [0.3, 0.4) is 0 Å². The van der Waals surface area contributed by atoms with Gasteiger partial charge in [0.1, 0.15) is 0 Å². The van der Waals surface area contributed by atoms with Crippen LogP contribution in [0.2, 0.25) is 0 Å². The number of carbonyl (C=O) groups is 2. The Morgan fingerprint density at radius 2 is 2.08 bits per heavy atom. The maximum absolute atomic E-state index is 11.8. The second-order valence-corrected chi connectivity index (χ2v) is 7.50. The number of urea groups is 1. The summed E-state index contributed by atoms with van der Waals surface area (Å²) in [7, 11) is 0. The van der Waals surface area contributed by atoms with Gasteiger partial charge in [-0.05, 0) is 25.7 Å². The molecule has 2 rings (SSSR count). The van der Waals surface area contributed by atoms with Crippen LogP contribution in [0.25, 0.3) is 0 Å². The molecule has 2 fully saturated rings. The number of aliphatic imine (C=N–C) groups is 1. The van der Waals surface area contributed by atoms with Gasteiger partial charge in [0.15, 0.2) is 5.96 Å². The largest absolute Gasteiger partial charge is 0.370 e. The highest BCUT2D eigenvalue weighted by molar-refractivity contribution is 8.00. The first kappa shape index (κ1) is 18.7. The zero-order chi connectivity index (χ0) is 17.4. The maximum Gasteiger partial charge on any atom is 0.315 e. The van der Waals surface area contributed by atoms with E-state index in [4.69, 9.17) is 11.5 Å². The van der Waals surface area contributed by atoms with Crippen molar-refractivity contribution in [3.63, 3.8) is 0 Å². The van der Waals surface area contributed by atoms with Gasteiger partial charge in [0.2, 0.25) is 5.91 Å². The van der Waals surface area contributed by atoms with Crippen LogP contribution >= 0.6 is 11.8 Å². The van der Waals surface area contributed by atoms with Crippen LogP contribution in [0.1, 0.15) is 38.5 Å². The highest BCUT2D eigenvalue weighted by atomic mass is 32.2. The number of carbonyl (C=O) groups excluding carboxylic acids is 2. The molecular weight excluding hydrogens is 328 g/mol. The monoisotopic (exact) mass is 356 g/mol. The molecule has 2 heterocycles. The van der Waals surface area contributed by atoms with Gasteiger partial charge < -0.3 is 27.4 Å². The molecule has 3 atom stereocenters. The van der Waals surface area contributed by atoms with Crippen molar-refractivity contribution in [2.75, 3.05) is 18.8 Å². The van der Waals surface area contributed by atoms with Gasteiger partial charge in [-0.1, -0.05) is 6.42 Å². The quantitative estimate of drug-likeness (QED) is 0.161. The average molecular weight is 356 g/mol. The van der Waals surface area contributed by atoms with E-state index in [1.165, 1.54) is 0 Å². The van der Waals surface area contributed by atoms with Gasteiger partial charge in [-0.3, -0.25) is 9.79 Å². The predicted octanol–water partition coefficient (Wildman–Crippen LogP) is -0.118. The van der Waals surface area contributed by atoms with E-state index in [0.29, 0.717) is 24.8 Å². The summed E-state index contributed by atoms with van der Waals surface area (Å²) in [4.78, 5) is 27.0. The van der Waals surface area contributed by atoms with Crippen molar-refractivity contribution >= 4 is 29.7 Å². The normalized spacial score (nSPS) is 24.8. The van der Waals surface area contributed by atoms with Crippen molar-refractivity contribution in [2.45, 2.75) is 55.9 Å². The highest BCUT2D eigenvalue weighted by Gasteiger charge is 2.42. The number of rotatable bonds is 10. The number of unbranched alkanes of at least 4 members (excludes halogenated alkanes) is 2. The van der Waals surface area contributed by atoms with Crippen LogP contribution in [-0.4, -0.2) is 54.1 Å². The highest BCUT2D eigenvalue weighted by Crippen LogP contribution is 2.33. The van der Waals surface area contributed by atoms with E-state index in [0.717, 1.165) is 37.9 Å². The zero-order valence-corrected chi connectivity index (χ0v) is 14.7. The molecule has 0 aromatic rings. The van der Waals surface area contributed by atoms with Crippen molar-refractivity contribution < 1.29 is 9.59 Å². The van der Waals surface area contributed by atoms with Gasteiger partial charge in [-0.25, -0.2) is 4.79 Å². The molecule has 0 spiro atoms. The summed E-state index contributed by atoms with van der Waals surface area (Å²) in [6.45, 7) is 1.27. The van der Waals surface area contributed by atoms with Gasteiger partial charge >= 0.3 is 6.03 Å². The van der Waals surface area contributed by atoms with Crippen LogP contribution in [0.4, 0.5) is 4.79 Å². The second kappa shape index (κ2) is 9.61. The molecule has 2 aliphatic rings. The summed E-state index contributed by atoms with van der Waals surface area (Å²) in [6.07, 6.45) is 5.23. The Labute approximate surface area is 147 Å². The zero-order valence-electron chi connectivity index (χ0n) is 13.9. The molecule has 3 amide bonds. The molecule has 2 aliphatic heterocycles. The molecule has 8 nitrogen and oxygen atoms in total. The molecule has 0 unspecified atom stereocenters. The first-order chi connectivity index (χ1) is 11.6. The van der Waals surface area contributed by atoms with E-state index in [9.17, 15) is 9.59 Å². The Balaban J connectivity index is 1.46. The predicted molar refractivity (Wildman–Crippen MR) is 96.9 cm³/mol. The Bertz CT molecular complexity index is 469. The van der Waals surface area contributed by atoms with E-state index in [1.54, 1.807) is 0 Å². The lowest BCUT2D eigenvalue weighted by Gasteiger charge is -2.16. The van der Waals surface area contributed by atoms with Crippen LogP contribution < -0.4 is 27.4 Å². The van der Waals surface area contributed by atoms with Gasteiger partial charge in [0, 0.05) is 30.5 Å². The number of amides is 3. The Hall–Kier alpha value is -1.64. The third kappa shape index (κ3) is 6.10. The van der Waals surface area contributed by atoms with E-state index in [2.05, 4.69) is 20.9 Å². The fourth-order valence-corrected chi connectivity index (χ4v) is 4.58. The Morgan fingerprint density at radius 3 is 2.88 bits per heavy atom. The summed E-state index contributed by atoms with van der Waals surface area (Å²) in [5, 5.41) is 9.32. The number of nitrogens with two attached hydrogens (primary N) is 2. The third-order valence-electron chi connectivity index (χ3n) is 4.28. The summed E-state index contributed by atoms with van der Waals surface area (Å²) in [6, 6.07) is 0.478. The first-order valence-electron chi connectivity index (χ1n) is 8.57. The number of thioether (sulfide) groups is 1. The van der Waals surface area contributed by atoms with Crippen molar-refractivity contribution in [3.8, 4) is 0 Å². The summed E-state index contributed by atoms with van der Waals surface area (Å²) < 4.78 is 0. The number of nitrogens with zero attached hydrogens (tertiary/aromatic N) is 1. The topological polar surface area (TPSA) is 135 Å². The van der Waals surface area contributed by atoms with Crippen LogP contribution in [-0.2, 0) is 4.79 Å². The first-order valence-corrected chi connectivity index (χ1v) is 9.62. The second-order valence-electron chi connectivity index (χ2n) is 6.23. The van der Waals surface area contributed by atoms with Crippen molar-refractivity contribution in [2.24, 2.45) is 16.5 Å². The number of hydrogen-bond acceptors (Lipinski definition) is 4. The molecule has 0 aliphatic carbocycles. The van der Waals surface area contributed by atoms with Crippen LogP contribution in [0, 0.1) is 0 Å². The number of hydrogen-bond donors (Lipinski definition) is 5. The minimum atomic E-state index is -0.0467. The van der Waals surface area contributed by atoms with Gasteiger partial charge in [-0.15, -0.1) is 0 Å². The lowest BCUT2D eigenvalue weighted by Crippen LogP contribution is -2.36. The van der Waals surface area contributed by atoms with Gasteiger partial charge in [-0.2, -0.15) is 11.8 Å². The smallest absolute Gasteiger partial charge is 0.315 e. The SMILES string of the molecule is NC(N)=NCCCCNC(=O)CCCC[C@@H]1SC[C@@H]2NC(=O)N[C@@H]21. The fourth-order valence-electron chi connectivity index (χ4n) is 3.04. The summed E-state index contributed by atoms with van der Waals surface area (Å²) in [5.41, 5.74) is 10.5.